The smallest absolute Gasteiger partial charge is 0.264 e. The Kier molecular flexibility index (Phi) is 3.52. The van der Waals surface area contributed by atoms with Crippen LogP contribution < -0.4 is 11.3 Å². The zero-order valence-electron chi connectivity index (χ0n) is 7.76. The predicted molar refractivity (Wildman–Crippen MR) is 49.2 cm³/mol. The molecule has 1 aromatic rings. The van der Waals surface area contributed by atoms with E-state index in [0.29, 0.717) is 0 Å². The molecule has 0 aliphatic heterocycles. The van der Waals surface area contributed by atoms with Gasteiger partial charge in [-0.25, -0.2) is 8.78 Å². The fourth-order valence-electron chi connectivity index (χ4n) is 1.33. The van der Waals surface area contributed by atoms with Gasteiger partial charge in [-0.1, -0.05) is 0 Å². The number of aromatic amines is 1. The van der Waals surface area contributed by atoms with Crippen molar-refractivity contribution >= 4 is 0 Å². The first-order valence-electron chi connectivity index (χ1n) is 4.20. The second kappa shape index (κ2) is 4.66. The van der Waals surface area contributed by atoms with E-state index in [4.69, 9.17) is 11.0 Å². The molecule has 0 saturated carbocycles. The maximum atomic E-state index is 12.7. The fourth-order valence-corrected chi connectivity index (χ4v) is 1.33. The lowest BCUT2D eigenvalue weighted by molar-refractivity contribution is 0.149. The summed E-state index contributed by atoms with van der Waals surface area (Å²) in [6, 6.07) is 1.68. The van der Waals surface area contributed by atoms with Crippen LogP contribution in [0.25, 0.3) is 0 Å². The first kappa shape index (κ1) is 11.3. The minimum absolute atomic E-state index is 0.102. The highest BCUT2D eigenvalue weighted by atomic mass is 19.3. The van der Waals surface area contributed by atoms with Gasteiger partial charge >= 0.3 is 0 Å². The Hall–Kier alpha value is -1.74. The molecule has 3 N–H and O–H groups in total. The number of hydrogen-bond acceptors (Lipinski definition) is 3. The van der Waals surface area contributed by atoms with Crippen molar-refractivity contribution < 1.29 is 8.78 Å². The zero-order valence-corrected chi connectivity index (χ0v) is 7.76. The maximum absolute atomic E-state index is 12.7. The molecule has 0 aliphatic rings. The highest BCUT2D eigenvalue weighted by Crippen LogP contribution is 2.24. The molecule has 4 nitrogen and oxygen atoms in total. The molecule has 6 heteroatoms. The lowest BCUT2D eigenvalue weighted by Crippen LogP contribution is -2.19. The maximum Gasteiger partial charge on any atom is 0.264 e. The monoisotopic (exact) mass is 213 g/mol. The van der Waals surface area contributed by atoms with E-state index in [9.17, 15) is 13.6 Å². The minimum atomic E-state index is -2.80. The molecule has 0 fully saturated rings. The number of pyridine rings is 1. The van der Waals surface area contributed by atoms with Crippen LogP contribution in [0.1, 0.15) is 23.1 Å². The van der Waals surface area contributed by atoms with Crippen LogP contribution >= 0.6 is 0 Å². The van der Waals surface area contributed by atoms with E-state index in [1.165, 1.54) is 0 Å². The Morgan fingerprint density at radius 3 is 2.73 bits per heavy atom. The van der Waals surface area contributed by atoms with Gasteiger partial charge in [-0.2, -0.15) is 5.26 Å². The molecule has 1 heterocycles. The van der Waals surface area contributed by atoms with E-state index < -0.39 is 17.5 Å². The van der Waals surface area contributed by atoms with Crippen molar-refractivity contribution in [2.75, 3.05) is 0 Å². The molecule has 1 rings (SSSR count). The summed E-state index contributed by atoms with van der Waals surface area (Å²) >= 11 is 0. The van der Waals surface area contributed by atoms with Gasteiger partial charge in [-0.05, 0) is 5.56 Å². The number of nitriles is 1. The van der Waals surface area contributed by atoms with Crippen molar-refractivity contribution in [3.05, 3.63) is 33.2 Å². The molecule has 1 aromatic heterocycles. The van der Waals surface area contributed by atoms with Gasteiger partial charge < -0.3 is 10.7 Å². The molecule has 0 spiro atoms. The number of H-pyrrole nitrogens is 1. The van der Waals surface area contributed by atoms with Crippen LogP contribution in [0.15, 0.2) is 11.0 Å². The van der Waals surface area contributed by atoms with E-state index in [0.717, 1.165) is 6.20 Å². The van der Waals surface area contributed by atoms with Gasteiger partial charge in [0.2, 0.25) is 0 Å². The number of nitrogens with zero attached hydrogens (tertiary/aromatic N) is 1. The van der Waals surface area contributed by atoms with Gasteiger partial charge in [0.05, 0.1) is 12.5 Å². The molecule has 15 heavy (non-hydrogen) atoms. The van der Waals surface area contributed by atoms with E-state index in [1.807, 2.05) is 0 Å². The van der Waals surface area contributed by atoms with E-state index in [-0.39, 0.29) is 24.1 Å². The SMILES string of the molecule is N#CCc1c(C(F)F)c(CN)c[nH]c1=O. The van der Waals surface area contributed by atoms with Crippen LogP contribution in [0.4, 0.5) is 8.78 Å². The van der Waals surface area contributed by atoms with Gasteiger partial charge in [0.25, 0.3) is 12.0 Å². The third kappa shape index (κ3) is 2.19. The van der Waals surface area contributed by atoms with E-state index in [1.54, 1.807) is 6.07 Å². The highest BCUT2D eigenvalue weighted by Gasteiger charge is 2.19. The average Bonchev–Trinajstić information content (AvgIpc) is 2.20. The Morgan fingerprint density at radius 2 is 2.27 bits per heavy atom. The highest BCUT2D eigenvalue weighted by molar-refractivity contribution is 5.34. The van der Waals surface area contributed by atoms with Crippen molar-refractivity contribution in [3.8, 4) is 6.07 Å². The number of nitrogens with two attached hydrogens (primary N) is 1. The third-order valence-electron chi connectivity index (χ3n) is 2.02. The first-order chi connectivity index (χ1) is 7.11. The molecule has 0 aromatic carbocycles. The predicted octanol–water partition coefficient (Wildman–Crippen LogP) is 0.837. The van der Waals surface area contributed by atoms with Crippen LogP contribution in [0.3, 0.4) is 0 Å². The second-order valence-corrected chi connectivity index (χ2v) is 2.87. The number of hydrogen-bond donors (Lipinski definition) is 2. The number of aromatic nitrogens is 1. The number of nitrogens with one attached hydrogen (secondary N) is 1. The molecule has 0 radical (unpaired) electrons. The number of rotatable bonds is 3. The van der Waals surface area contributed by atoms with Crippen molar-refractivity contribution in [1.82, 2.24) is 4.98 Å². The van der Waals surface area contributed by atoms with Crippen molar-refractivity contribution in [1.29, 1.82) is 5.26 Å². The molecule has 0 amide bonds. The van der Waals surface area contributed by atoms with Gasteiger partial charge in [0, 0.05) is 23.9 Å². The molecule has 80 valence electrons. The lowest BCUT2D eigenvalue weighted by atomic mass is 10.0. The summed E-state index contributed by atoms with van der Waals surface area (Å²) in [5.74, 6) is 0. The molecule has 0 aliphatic carbocycles. The Balaban J connectivity index is 3.45. The van der Waals surface area contributed by atoms with Crippen molar-refractivity contribution in [2.24, 2.45) is 5.73 Å². The minimum Gasteiger partial charge on any atom is -0.328 e. The Morgan fingerprint density at radius 1 is 1.60 bits per heavy atom. The van der Waals surface area contributed by atoms with Crippen LogP contribution in [0.5, 0.6) is 0 Å². The first-order valence-corrected chi connectivity index (χ1v) is 4.20. The van der Waals surface area contributed by atoms with Crippen molar-refractivity contribution in [3.63, 3.8) is 0 Å². The summed E-state index contributed by atoms with van der Waals surface area (Å²) in [5.41, 5.74) is 4.15. The van der Waals surface area contributed by atoms with Gasteiger partial charge in [0.1, 0.15) is 0 Å². The number of halogens is 2. The van der Waals surface area contributed by atoms with Crippen molar-refractivity contribution in [2.45, 2.75) is 19.4 Å². The Bertz CT molecular complexity index is 448. The molecule has 0 saturated heterocycles. The molecule has 0 bridgehead atoms. The molecule has 0 atom stereocenters. The number of alkyl halides is 2. The van der Waals surface area contributed by atoms with Crippen LogP contribution in [0, 0.1) is 11.3 Å². The molecular formula is C9H9F2N3O. The Labute approximate surface area is 84.3 Å². The summed E-state index contributed by atoms with van der Waals surface area (Å²) < 4.78 is 25.3. The van der Waals surface area contributed by atoms with E-state index in [2.05, 4.69) is 4.98 Å². The molecular weight excluding hydrogens is 204 g/mol. The summed E-state index contributed by atoms with van der Waals surface area (Å²) in [4.78, 5) is 13.5. The summed E-state index contributed by atoms with van der Waals surface area (Å²) in [6.45, 7) is -0.102. The lowest BCUT2D eigenvalue weighted by Gasteiger charge is -2.09. The summed E-state index contributed by atoms with van der Waals surface area (Å²) in [6.07, 6.45) is -1.98. The van der Waals surface area contributed by atoms with Gasteiger partial charge in [-0.3, -0.25) is 4.79 Å². The fraction of sp³-hybridized carbons (Fsp3) is 0.333. The summed E-state index contributed by atoms with van der Waals surface area (Å²) in [5, 5.41) is 8.44. The third-order valence-corrected chi connectivity index (χ3v) is 2.02. The van der Waals surface area contributed by atoms with Gasteiger partial charge in [0.15, 0.2) is 0 Å². The van der Waals surface area contributed by atoms with Crippen LogP contribution in [-0.2, 0) is 13.0 Å². The largest absolute Gasteiger partial charge is 0.328 e. The quantitative estimate of drug-likeness (QED) is 0.780. The van der Waals surface area contributed by atoms with E-state index >= 15 is 0 Å². The van der Waals surface area contributed by atoms with Crippen LogP contribution in [0.2, 0.25) is 0 Å². The van der Waals surface area contributed by atoms with Gasteiger partial charge in [-0.15, -0.1) is 0 Å². The van der Waals surface area contributed by atoms with Crippen LogP contribution in [-0.4, -0.2) is 4.98 Å². The normalized spacial score (nSPS) is 10.3. The summed E-state index contributed by atoms with van der Waals surface area (Å²) in [7, 11) is 0. The topological polar surface area (TPSA) is 82.7 Å². The average molecular weight is 213 g/mol. The zero-order chi connectivity index (χ0) is 11.4. The molecule has 0 unspecified atom stereocenters. The standard InChI is InChI=1S/C9H9F2N3O/c10-8(11)7-5(3-13)4-14-9(15)6(7)1-2-12/h4,8H,1,3,13H2,(H,14,15). The second-order valence-electron chi connectivity index (χ2n) is 2.87.